The zero-order valence-corrected chi connectivity index (χ0v) is 11.2. The van der Waals surface area contributed by atoms with Crippen molar-refractivity contribution in [2.75, 3.05) is 0 Å². The van der Waals surface area contributed by atoms with Crippen molar-refractivity contribution in [3.8, 4) is 0 Å². The molecule has 1 aromatic rings. The monoisotopic (exact) mass is 280 g/mol. The summed E-state index contributed by atoms with van der Waals surface area (Å²) in [5.41, 5.74) is -0.534. The molecule has 1 saturated heterocycles. The number of carbonyl (C=O) groups excluding carboxylic acids is 1. The first-order valence-corrected chi connectivity index (χ1v) is 6.16. The highest BCUT2D eigenvalue weighted by Gasteiger charge is 2.47. The first kappa shape index (κ1) is 14.6. The number of hydrogen-bond donors (Lipinski definition) is 1. The van der Waals surface area contributed by atoms with E-state index in [1.165, 1.54) is 11.0 Å². The summed E-state index contributed by atoms with van der Waals surface area (Å²) < 4.78 is 5.43. The molecule has 0 aliphatic carbocycles. The standard InChI is InChI=1S/C13H16N2O5/c1-13(2)12(17)14(11(8-16)20-13)7-9-5-3-4-6-10(9)15(18)19/h3-6,8,11-12,17H,7H2,1-2H3. The second-order valence-corrected chi connectivity index (χ2v) is 5.18. The number of ether oxygens (including phenoxy) is 1. The summed E-state index contributed by atoms with van der Waals surface area (Å²) in [6, 6.07) is 6.23. The molecule has 20 heavy (non-hydrogen) atoms. The molecule has 0 amide bonds. The van der Waals surface area contributed by atoms with Crippen LogP contribution in [0.1, 0.15) is 19.4 Å². The van der Waals surface area contributed by atoms with Crippen LogP contribution in [-0.2, 0) is 16.1 Å². The fourth-order valence-corrected chi connectivity index (χ4v) is 2.28. The van der Waals surface area contributed by atoms with E-state index in [4.69, 9.17) is 4.74 Å². The lowest BCUT2D eigenvalue weighted by molar-refractivity contribution is -0.385. The summed E-state index contributed by atoms with van der Waals surface area (Å²) in [5, 5.41) is 21.2. The molecule has 1 aliphatic rings. The van der Waals surface area contributed by atoms with Gasteiger partial charge in [-0.05, 0) is 13.8 Å². The molecule has 1 fully saturated rings. The summed E-state index contributed by atoms with van der Waals surface area (Å²) >= 11 is 0. The van der Waals surface area contributed by atoms with Crippen LogP contribution in [0.4, 0.5) is 5.69 Å². The van der Waals surface area contributed by atoms with E-state index in [1.807, 2.05) is 0 Å². The van der Waals surface area contributed by atoms with E-state index in [9.17, 15) is 20.0 Å². The lowest BCUT2D eigenvalue weighted by atomic mass is 10.1. The van der Waals surface area contributed by atoms with Crippen molar-refractivity contribution in [3.05, 3.63) is 39.9 Å². The van der Waals surface area contributed by atoms with Gasteiger partial charge in [-0.3, -0.25) is 14.9 Å². The van der Waals surface area contributed by atoms with Crippen molar-refractivity contribution in [2.45, 2.75) is 38.4 Å². The van der Waals surface area contributed by atoms with Crippen LogP contribution < -0.4 is 0 Å². The molecule has 1 aromatic carbocycles. The van der Waals surface area contributed by atoms with Gasteiger partial charge >= 0.3 is 0 Å². The van der Waals surface area contributed by atoms with E-state index < -0.39 is 23.0 Å². The van der Waals surface area contributed by atoms with Crippen molar-refractivity contribution in [3.63, 3.8) is 0 Å². The number of aliphatic hydroxyl groups is 1. The third kappa shape index (κ3) is 2.55. The van der Waals surface area contributed by atoms with E-state index in [-0.39, 0.29) is 12.2 Å². The summed E-state index contributed by atoms with van der Waals surface area (Å²) in [6.07, 6.45) is -1.36. The number of rotatable bonds is 4. The largest absolute Gasteiger partial charge is 0.375 e. The van der Waals surface area contributed by atoms with E-state index >= 15 is 0 Å². The molecule has 1 N–H and O–H groups in total. The molecule has 7 heteroatoms. The van der Waals surface area contributed by atoms with E-state index in [1.54, 1.807) is 32.0 Å². The third-order valence-corrected chi connectivity index (χ3v) is 3.34. The molecule has 2 unspecified atom stereocenters. The Kier molecular flexibility index (Phi) is 3.85. The number of hydrogen-bond acceptors (Lipinski definition) is 6. The zero-order valence-electron chi connectivity index (χ0n) is 11.2. The fraction of sp³-hybridized carbons (Fsp3) is 0.462. The molecule has 1 aliphatic heterocycles. The van der Waals surface area contributed by atoms with Crippen LogP contribution in [0.5, 0.6) is 0 Å². The van der Waals surface area contributed by atoms with Crippen molar-refractivity contribution in [1.29, 1.82) is 0 Å². The van der Waals surface area contributed by atoms with Crippen molar-refractivity contribution in [1.82, 2.24) is 4.90 Å². The van der Waals surface area contributed by atoms with Gasteiger partial charge in [0.05, 0.1) is 4.92 Å². The predicted molar refractivity (Wildman–Crippen MR) is 69.7 cm³/mol. The lowest BCUT2D eigenvalue weighted by Gasteiger charge is -2.25. The second kappa shape index (κ2) is 5.28. The molecule has 0 saturated carbocycles. The molecule has 0 spiro atoms. The minimum atomic E-state index is -1.02. The minimum Gasteiger partial charge on any atom is -0.375 e. The Bertz CT molecular complexity index is 531. The van der Waals surface area contributed by atoms with Gasteiger partial charge in [-0.25, -0.2) is 4.90 Å². The number of para-hydroxylation sites is 1. The molecule has 0 radical (unpaired) electrons. The van der Waals surface area contributed by atoms with E-state index in [0.717, 1.165) is 0 Å². The minimum absolute atomic E-state index is 0.0472. The summed E-state index contributed by atoms with van der Waals surface area (Å²) in [5.74, 6) is 0. The van der Waals surface area contributed by atoms with Gasteiger partial charge in [-0.2, -0.15) is 0 Å². The van der Waals surface area contributed by atoms with Gasteiger partial charge in [0.2, 0.25) is 0 Å². The summed E-state index contributed by atoms with van der Waals surface area (Å²) in [7, 11) is 0. The molecule has 7 nitrogen and oxygen atoms in total. The first-order valence-electron chi connectivity index (χ1n) is 6.16. The maximum Gasteiger partial charge on any atom is 0.273 e. The Morgan fingerprint density at radius 3 is 2.75 bits per heavy atom. The predicted octanol–water partition coefficient (Wildman–Crippen LogP) is 1.05. The number of nitro groups is 1. The fourth-order valence-electron chi connectivity index (χ4n) is 2.28. The van der Waals surface area contributed by atoms with E-state index in [0.29, 0.717) is 11.8 Å². The molecule has 0 aromatic heterocycles. The Morgan fingerprint density at radius 1 is 1.50 bits per heavy atom. The van der Waals surface area contributed by atoms with Crippen molar-refractivity contribution in [2.24, 2.45) is 0 Å². The van der Waals surface area contributed by atoms with Crippen LogP contribution in [0.2, 0.25) is 0 Å². The number of benzene rings is 1. The number of nitro benzene ring substituents is 1. The quantitative estimate of drug-likeness (QED) is 0.503. The average molecular weight is 280 g/mol. The van der Waals surface area contributed by atoms with E-state index in [2.05, 4.69) is 0 Å². The third-order valence-electron chi connectivity index (χ3n) is 3.34. The Morgan fingerprint density at radius 2 is 2.15 bits per heavy atom. The summed E-state index contributed by atoms with van der Waals surface area (Å²) in [6.45, 7) is 3.38. The molecule has 2 atom stereocenters. The number of aldehydes is 1. The van der Waals surface area contributed by atoms with Crippen LogP contribution >= 0.6 is 0 Å². The van der Waals surface area contributed by atoms with Crippen LogP contribution in [0.3, 0.4) is 0 Å². The molecule has 2 rings (SSSR count). The smallest absolute Gasteiger partial charge is 0.273 e. The summed E-state index contributed by atoms with van der Waals surface area (Å²) in [4.78, 5) is 22.9. The highest BCUT2D eigenvalue weighted by atomic mass is 16.6. The second-order valence-electron chi connectivity index (χ2n) is 5.18. The highest BCUT2D eigenvalue weighted by Crippen LogP contribution is 2.32. The average Bonchev–Trinajstić information content (AvgIpc) is 2.62. The molecule has 0 bridgehead atoms. The SMILES string of the molecule is CC1(C)OC(C=O)N(Cc2ccccc2[N+](=O)[O-])C1O. The van der Waals surface area contributed by atoms with Gasteiger partial charge in [0.15, 0.2) is 12.5 Å². The number of aliphatic hydroxyl groups excluding tert-OH is 1. The van der Waals surface area contributed by atoms with Gasteiger partial charge < -0.3 is 9.84 Å². The first-order chi connectivity index (χ1) is 9.36. The van der Waals surface area contributed by atoms with Crippen LogP contribution in [0, 0.1) is 10.1 Å². The van der Waals surface area contributed by atoms with Crippen LogP contribution in [0.15, 0.2) is 24.3 Å². The number of carbonyl (C=O) groups is 1. The molecular weight excluding hydrogens is 264 g/mol. The lowest BCUT2D eigenvalue weighted by Crippen LogP contribution is -2.42. The Labute approximate surface area is 115 Å². The maximum atomic E-state index is 11.0. The van der Waals surface area contributed by atoms with Crippen molar-refractivity contribution < 1.29 is 19.6 Å². The van der Waals surface area contributed by atoms with Gasteiger partial charge in [0, 0.05) is 18.2 Å². The Balaban J connectivity index is 2.29. The number of nitrogens with zero attached hydrogens (tertiary/aromatic N) is 2. The Hall–Kier alpha value is -1.83. The van der Waals surface area contributed by atoms with Gasteiger partial charge in [0.1, 0.15) is 11.8 Å². The maximum absolute atomic E-state index is 11.0. The highest BCUT2D eigenvalue weighted by molar-refractivity contribution is 5.56. The van der Waals surface area contributed by atoms with Gasteiger partial charge in [-0.15, -0.1) is 0 Å². The van der Waals surface area contributed by atoms with Gasteiger partial charge in [-0.1, -0.05) is 18.2 Å². The zero-order chi connectivity index (χ0) is 14.9. The molecule has 108 valence electrons. The van der Waals surface area contributed by atoms with Crippen LogP contribution in [-0.4, -0.2) is 39.3 Å². The molecule has 1 heterocycles. The van der Waals surface area contributed by atoms with Crippen LogP contribution in [0.25, 0.3) is 0 Å². The topological polar surface area (TPSA) is 92.9 Å². The normalized spacial score (nSPS) is 25.6. The van der Waals surface area contributed by atoms with Crippen molar-refractivity contribution >= 4 is 12.0 Å². The van der Waals surface area contributed by atoms with Gasteiger partial charge in [0.25, 0.3) is 5.69 Å². The molecular formula is C13H16N2O5.